The van der Waals surface area contributed by atoms with Gasteiger partial charge in [-0.25, -0.2) is 0 Å². The van der Waals surface area contributed by atoms with Crippen molar-refractivity contribution in [2.24, 2.45) is 0 Å². The molecule has 5 nitrogen and oxygen atoms in total. The largest absolute Gasteiger partial charge is 0.361 e. The number of ether oxygens (including phenoxy) is 1. The number of amides is 2. The number of likely N-dealkylation sites (N-methyl/N-ethyl adjacent to an activating group) is 1. The molecule has 0 N–H and O–H groups in total. The lowest BCUT2D eigenvalue weighted by Gasteiger charge is -2.43. The van der Waals surface area contributed by atoms with Crippen LogP contribution in [0.4, 0.5) is 0 Å². The second-order valence-electron chi connectivity index (χ2n) is 7.85. The van der Waals surface area contributed by atoms with Crippen LogP contribution >= 0.6 is 0 Å². The zero-order chi connectivity index (χ0) is 20.9. The lowest BCUT2D eigenvalue weighted by atomic mass is 9.89. The van der Waals surface area contributed by atoms with E-state index in [-0.39, 0.29) is 11.8 Å². The van der Waals surface area contributed by atoms with Crippen molar-refractivity contribution < 1.29 is 14.3 Å². The highest BCUT2D eigenvalue weighted by Gasteiger charge is 2.45. The Balaban J connectivity index is 1.90. The van der Waals surface area contributed by atoms with Crippen molar-refractivity contribution >= 4 is 11.8 Å². The molecule has 0 unspecified atom stereocenters. The van der Waals surface area contributed by atoms with Crippen molar-refractivity contribution in [2.75, 3.05) is 33.8 Å². The van der Waals surface area contributed by atoms with Gasteiger partial charge in [-0.15, -0.1) is 0 Å². The molecule has 1 aliphatic heterocycles. The third-order valence-electron chi connectivity index (χ3n) is 5.32. The quantitative estimate of drug-likeness (QED) is 0.755. The van der Waals surface area contributed by atoms with Gasteiger partial charge in [0, 0.05) is 33.5 Å². The first-order valence-electron chi connectivity index (χ1n) is 10.2. The number of nitrogens with zero attached hydrogens (tertiary/aromatic N) is 2. The van der Waals surface area contributed by atoms with Crippen LogP contribution in [0, 0.1) is 0 Å². The summed E-state index contributed by atoms with van der Waals surface area (Å²) >= 11 is 0. The van der Waals surface area contributed by atoms with E-state index in [9.17, 15) is 9.59 Å². The fourth-order valence-corrected chi connectivity index (χ4v) is 3.91. The standard InChI is InChI=1S/C24H30N2O3/c1-4-9-22(27)26-14-15-29-24(18-26,23(28)25(2)3)17-19-10-8-13-21(16-19)20-11-6-5-7-12-20/h5-8,10-13,16H,4,9,14-15,17-18H2,1-3H3/t24-/m1/s1. The van der Waals surface area contributed by atoms with E-state index < -0.39 is 5.60 Å². The van der Waals surface area contributed by atoms with E-state index in [1.807, 2.05) is 37.3 Å². The van der Waals surface area contributed by atoms with Crippen LogP contribution in [0.2, 0.25) is 0 Å². The minimum atomic E-state index is -1.06. The number of carbonyl (C=O) groups excluding carboxylic acids is 2. The predicted molar refractivity (Wildman–Crippen MR) is 114 cm³/mol. The van der Waals surface area contributed by atoms with Crippen LogP contribution in [-0.4, -0.2) is 61.0 Å². The molecule has 3 rings (SSSR count). The smallest absolute Gasteiger partial charge is 0.256 e. The Labute approximate surface area is 173 Å². The van der Waals surface area contributed by atoms with Gasteiger partial charge in [0.2, 0.25) is 5.91 Å². The van der Waals surface area contributed by atoms with Gasteiger partial charge in [0.15, 0.2) is 5.60 Å². The van der Waals surface area contributed by atoms with Crippen molar-refractivity contribution in [3.05, 3.63) is 60.2 Å². The Bertz CT molecular complexity index is 850. The molecular formula is C24H30N2O3. The number of rotatable bonds is 6. The summed E-state index contributed by atoms with van der Waals surface area (Å²) in [5.41, 5.74) is 2.20. The Morgan fingerprint density at radius 1 is 1.07 bits per heavy atom. The van der Waals surface area contributed by atoms with E-state index >= 15 is 0 Å². The van der Waals surface area contributed by atoms with Crippen molar-refractivity contribution in [2.45, 2.75) is 31.8 Å². The molecule has 5 heteroatoms. The van der Waals surface area contributed by atoms with Gasteiger partial charge in [0.1, 0.15) is 0 Å². The lowest BCUT2D eigenvalue weighted by molar-refractivity contribution is -0.172. The minimum absolute atomic E-state index is 0.0877. The molecule has 29 heavy (non-hydrogen) atoms. The maximum atomic E-state index is 13.2. The van der Waals surface area contributed by atoms with Crippen LogP contribution in [0.5, 0.6) is 0 Å². The molecule has 0 radical (unpaired) electrons. The highest BCUT2D eigenvalue weighted by molar-refractivity contribution is 5.87. The zero-order valence-corrected chi connectivity index (χ0v) is 17.6. The summed E-state index contributed by atoms with van der Waals surface area (Å²) in [5, 5.41) is 0. The highest BCUT2D eigenvalue weighted by Crippen LogP contribution is 2.28. The Morgan fingerprint density at radius 3 is 2.48 bits per heavy atom. The SMILES string of the molecule is CCCC(=O)N1CCO[C@@](Cc2cccc(-c3ccccc3)c2)(C(=O)N(C)C)C1. The molecule has 2 aromatic carbocycles. The average Bonchev–Trinajstić information content (AvgIpc) is 2.74. The van der Waals surface area contributed by atoms with Gasteiger partial charge in [-0.2, -0.15) is 0 Å². The molecule has 2 aromatic rings. The molecule has 1 heterocycles. The summed E-state index contributed by atoms with van der Waals surface area (Å²) in [7, 11) is 3.47. The van der Waals surface area contributed by atoms with E-state index in [0.717, 1.165) is 23.1 Å². The second-order valence-corrected chi connectivity index (χ2v) is 7.85. The van der Waals surface area contributed by atoms with E-state index in [4.69, 9.17) is 4.74 Å². The maximum Gasteiger partial charge on any atom is 0.256 e. The molecule has 2 amide bonds. The van der Waals surface area contributed by atoms with E-state index in [2.05, 4.69) is 24.3 Å². The van der Waals surface area contributed by atoms with E-state index in [1.165, 1.54) is 0 Å². The van der Waals surface area contributed by atoms with Crippen LogP contribution in [0.3, 0.4) is 0 Å². The highest BCUT2D eigenvalue weighted by atomic mass is 16.5. The molecule has 1 fully saturated rings. The number of hydrogen-bond acceptors (Lipinski definition) is 3. The Morgan fingerprint density at radius 2 is 1.79 bits per heavy atom. The fraction of sp³-hybridized carbons (Fsp3) is 0.417. The molecule has 0 bridgehead atoms. The van der Waals surface area contributed by atoms with Crippen LogP contribution in [0.1, 0.15) is 25.3 Å². The lowest BCUT2D eigenvalue weighted by Crippen LogP contribution is -2.61. The van der Waals surface area contributed by atoms with Gasteiger partial charge >= 0.3 is 0 Å². The van der Waals surface area contributed by atoms with Crippen LogP contribution < -0.4 is 0 Å². The topological polar surface area (TPSA) is 49.9 Å². The number of morpholine rings is 1. The maximum absolute atomic E-state index is 13.2. The summed E-state index contributed by atoms with van der Waals surface area (Å²) in [6.45, 7) is 3.18. The minimum Gasteiger partial charge on any atom is -0.361 e. The number of carbonyl (C=O) groups is 2. The summed E-state index contributed by atoms with van der Waals surface area (Å²) in [6, 6.07) is 18.4. The number of hydrogen-bond donors (Lipinski definition) is 0. The predicted octanol–water partition coefficient (Wildman–Crippen LogP) is 3.38. The van der Waals surface area contributed by atoms with Crippen molar-refractivity contribution in [1.29, 1.82) is 0 Å². The van der Waals surface area contributed by atoms with Gasteiger partial charge in [-0.3, -0.25) is 9.59 Å². The zero-order valence-electron chi connectivity index (χ0n) is 17.6. The van der Waals surface area contributed by atoms with Crippen molar-refractivity contribution in [3.8, 4) is 11.1 Å². The molecule has 154 valence electrons. The Hall–Kier alpha value is -2.66. The molecule has 1 atom stereocenters. The summed E-state index contributed by atoms with van der Waals surface area (Å²) in [5.74, 6) is -0.0126. The third kappa shape index (κ3) is 4.85. The Kier molecular flexibility index (Phi) is 6.70. The van der Waals surface area contributed by atoms with Crippen molar-refractivity contribution in [1.82, 2.24) is 9.80 Å². The third-order valence-corrected chi connectivity index (χ3v) is 5.32. The molecule has 0 spiro atoms. The first kappa shape index (κ1) is 21.1. The van der Waals surface area contributed by atoms with E-state index in [1.54, 1.807) is 23.9 Å². The molecule has 0 aromatic heterocycles. The first-order chi connectivity index (χ1) is 13.9. The van der Waals surface area contributed by atoms with E-state index in [0.29, 0.717) is 32.5 Å². The monoisotopic (exact) mass is 394 g/mol. The van der Waals surface area contributed by atoms with Gasteiger partial charge in [-0.05, 0) is 23.1 Å². The van der Waals surface area contributed by atoms with Gasteiger partial charge in [0.25, 0.3) is 5.91 Å². The van der Waals surface area contributed by atoms with Gasteiger partial charge < -0.3 is 14.5 Å². The van der Waals surface area contributed by atoms with Gasteiger partial charge in [-0.1, -0.05) is 61.5 Å². The second kappa shape index (κ2) is 9.23. The van der Waals surface area contributed by atoms with Crippen LogP contribution in [0.25, 0.3) is 11.1 Å². The fourth-order valence-electron chi connectivity index (χ4n) is 3.91. The molecule has 1 aliphatic rings. The average molecular weight is 395 g/mol. The molecule has 0 saturated carbocycles. The summed E-state index contributed by atoms with van der Waals surface area (Å²) in [6.07, 6.45) is 1.72. The summed E-state index contributed by atoms with van der Waals surface area (Å²) in [4.78, 5) is 29.0. The van der Waals surface area contributed by atoms with Crippen molar-refractivity contribution in [3.63, 3.8) is 0 Å². The normalized spacial score (nSPS) is 19.1. The molecule has 0 aliphatic carbocycles. The summed E-state index contributed by atoms with van der Waals surface area (Å²) < 4.78 is 6.11. The van der Waals surface area contributed by atoms with Crippen LogP contribution in [0.15, 0.2) is 54.6 Å². The number of benzene rings is 2. The van der Waals surface area contributed by atoms with Gasteiger partial charge in [0.05, 0.1) is 13.2 Å². The first-order valence-corrected chi connectivity index (χ1v) is 10.2. The van der Waals surface area contributed by atoms with Crippen LogP contribution in [-0.2, 0) is 20.7 Å². The molecule has 1 saturated heterocycles. The molecular weight excluding hydrogens is 364 g/mol.